The molecular weight excluding hydrogens is 380 g/mol. The Hall–Kier alpha value is -0.850. The number of hydrogen-bond donors (Lipinski definition) is 1. The highest BCUT2D eigenvalue weighted by Crippen LogP contribution is 2.26. The molecule has 1 heterocycles. The van der Waals surface area contributed by atoms with Gasteiger partial charge in [-0.2, -0.15) is 0 Å². The van der Waals surface area contributed by atoms with Crippen LogP contribution in [0, 0.1) is 5.82 Å². The van der Waals surface area contributed by atoms with Crippen LogP contribution >= 0.6 is 24.0 Å². The van der Waals surface area contributed by atoms with Gasteiger partial charge in [-0.25, -0.2) is 4.39 Å². The molecule has 0 radical (unpaired) electrons. The van der Waals surface area contributed by atoms with Crippen molar-refractivity contribution in [1.82, 2.24) is 4.90 Å². The van der Waals surface area contributed by atoms with Gasteiger partial charge < -0.3 is 10.6 Å². The van der Waals surface area contributed by atoms with Gasteiger partial charge in [0.2, 0.25) is 0 Å². The standard InChI is InChI=1S/C16H24FN3.HI/c1-16(2,13-8-4-5-9-14(13)17)12-19-15(18)20-10-6-3-7-11-20;/h4-5,8-9H,3,6-7,10-12H2,1-2H3,(H2,18,19);1H. The van der Waals surface area contributed by atoms with Gasteiger partial charge in [0.05, 0.1) is 6.54 Å². The lowest BCUT2D eigenvalue weighted by Crippen LogP contribution is -2.41. The minimum absolute atomic E-state index is 0. The number of guanidine groups is 1. The second kappa shape index (κ2) is 7.96. The second-order valence-corrected chi connectivity index (χ2v) is 6.09. The maximum Gasteiger partial charge on any atom is 0.191 e. The predicted octanol–water partition coefficient (Wildman–Crippen LogP) is 3.52. The molecule has 21 heavy (non-hydrogen) atoms. The lowest BCUT2D eigenvalue weighted by atomic mass is 9.84. The van der Waals surface area contributed by atoms with Crippen LogP contribution in [0.2, 0.25) is 0 Å². The molecule has 0 amide bonds. The molecule has 2 rings (SSSR count). The smallest absolute Gasteiger partial charge is 0.191 e. The van der Waals surface area contributed by atoms with Crippen LogP contribution in [0.3, 0.4) is 0 Å². The monoisotopic (exact) mass is 405 g/mol. The number of benzene rings is 1. The lowest BCUT2D eigenvalue weighted by molar-refractivity contribution is 0.336. The first kappa shape index (κ1) is 18.2. The maximum absolute atomic E-state index is 13.9. The molecule has 1 aromatic rings. The van der Waals surface area contributed by atoms with Gasteiger partial charge in [0, 0.05) is 18.5 Å². The van der Waals surface area contributed by atoms with Gasteiger partial charge in [0.1, 0.15) is 5.82 Å². The fraction of sp³-hybridized carbons (Fsp3) is 0.562. The van der Waals surface area contributed by atoms with Crippen molar-refractivity contribution in [3.05, 3.63) is 35.6 Å². The van der Waals surface area contributed by atoms with Crippen LogP contribution in [0.5, 0.6) is 0 Å². The van der Waals surface area contributed by atoms with Crippen LogP contribution < -0.4 is 5.73 Å². The molecule has 118 valence electrons. The molecule has 1 fully saturated rings. The first-order valence-corrected chi connectivity index (χ1v) is 7.30. The fourth-order valence-electron chi connectivity index (χ4n) is 2.60. The zero-order chi connectivity index (χ0) is 14.6. The van der Waals surface area contributed by atoms with Gasteiger partial charge >= 0.3 is 0 Å². The Balaban J connectivity index is 0.00000220. The molecule has 0 saturated carbocycles. The number of likely N-dealkylation sites (tertiary alicyclic amines) is 1. The van der Waals surface area contributed by atoms with Crippen molar-refractivity contribution in [1.29, 1.82) is 0 Å². The Morgan fingerprint density at radius 1 is 1.24 bits per heavy atom. The summed E-state index contributed by atoms with van der Waals surface area (Å²) in [6.45, 7) is 6.46. The van der Waals surface area contributed by atoms with Crippen LogP contribution in [0.1, 0.15) is 38.7 Å². The van der Waals surface area contributed by atoms with Crippen LogP contribution in [-0.2, 0) is 5.41 Å². The third kappa shape index (κ3) is 4.83. The second-order valence-electron chi connectivity index (χ2n) is 6.09. The minimum atomic E-state index is -0.355. The van der Waals surface area contributed by atoms with E-state index in [-0.39, 0.29) is 35.2 Å². The molecule has 2 N–H and O–H groups in total. The van der Waals surface area contributed by atoms with Crippen molar-refractivity contribution in [2.45, 2.75) is 38.5 Å². The van der Waals surface area contributed by atoms with Crippen molar-refractivity contribution >= 4 is 29.9 Å². The van der Waals surface area contributed by atoms with Crippen molar-refractivity contribution < 1.29 is 4.39 Å². The highest BCUT2D eigenvalue weighted by Gasteiger charge is 2.24. The van der Waals surface area contributed by atoms with E-state index in [0.29, 0.717) is 18.1 Å². The van der Waals surface area contributed by atoms with Crippen molar-refractivity contribution in [3.8, 4) is 0 Å². The highest BCUT2D eigenvalue weighted by molar-refractivity contribution is 14.0. The normalized spacial score (nSPS) is 16.5. The van der Waals surface area contributed by atoms with Crippen LogP contribution in [-0.4, -0.2) is 30.5 Å². The van der Waals surface area contributed by atoms with Gasteiger partial charge in [-0.1, -0.05) is 32.0 Å². The van der Waals surface area contributed by atoms with Gasteiger partial charge in [-0.3, -0.25) is 4.99 Å². The average Bonchev–Trinajstić information content (AvgIpc) is 2.46. The zero-order valence-corrected chi connectivity index (χ0v) is 15.1. The van der Waals surface area contributed by atoms with Crippen LogP contribution in [0.4, 0.5) is 4.39 Å². The number of hydrogen-bond acceptors (Lipinski definition) is 1. The molecule has 5 heteroatoms. The highest BCUT2D eigenvalue weighted by atomic mass is 127. The molecule has 0 atom stereocenters. The molecule has 0 bridgehead atoms. The van der Waals surface area contributed by atoms with E-state index in [1.54, 1.807) is 6.07 Å². The number of rotatable bonds is 3. The Morgan fingerprint density at radius 3 is 2.48 bits per heavy atom. The summed E-state index contributed by atoms with van der Waals surface area (Å²) in [7, 11) is 0. The molecule has 0 unspecified atom stereocenters. The number of nitrogens with zero attached hydrogens (tertiary/aromatic N) is 2. The number of nitrogens with two attached hydrogens (primary N) is 1. The molecule has 3 nitrogen and oxygen atoms in total. The van der Waals surface area contributed by atoms with Gasteiger partial charge in [0.25, 0.3) is 0 Å². The summed E-state index contributed by atoms with van der Waals surface area (Å²) >= 11 is 0. The fourth-order valence-corrected chi connectivity index (χ4v) is 2.60. The van der Waals surface area contributed by atoms with Gasteiger partial charge in [0.15, 0.2) is 5.96 Å². The minimum Gasteiger partial charge on any atom is -0.370 e. The summed E-state index contributed by atoms with van der Waals surface area (Å²) in [5, 5.41) is 0. The average molecular weight is 405 g/mol. The topological polar surface area (TPSA) is 41.6 Å². The predicted molar refractivity (Wildman–Crippen MR) is 96.8 cm³/mol. The Bertz CT molecular complexity index is 482. The third-order valence-corrected chi connectivity index (χ3v) is 3.92. The van der Waals surface area contributed by atoms with E-state index in [2.05, 4.69) is 9.89 Å². The van der Waals surface area contributed by atoms with Crippen molar-refractivity contribution in [2.24, 2.45) is 10.7 Å². The molecule has 1 aliphatic heterocycles. The molecule has 1 aliphatic rings. The summed E-state index contributed by atoms with van der Waals surface area (Å²) < 4.78 is 13.9. The SMILES string of the molecule is CC(C)(CN=C(N)N1CCCCC1)c1ccccc1F.I. The Morgan fingerprint density at radius 2 is 1.86 bits per heavy atom. The molecule has 0 aliphatic carbocycles. The molecular formula is C16H25FIN3. The largest absolute Gasteiger partial charge is 0.370 e. The Labute approximate surface area is 143 Å². The van der Waals surface area contributed by atoms with Crippen molar-refractivity contribution in [2.75, 3.05) is 19.6 Å². The van der Waals surface area contributed by atoms with Crippen LogP contribution in [0.25, 0.3) is 0 Å². The summed E-state index contributed by atoms with van der Waals surface area (Å²) in [6.07, 6.45) is 3.62. The molecule has 1 aromatic carbocycles. The van der Waals surface area contributed by atoms with Crippen molar-refractivity contribution in [3.63, 3.8) is 0 Å². The summed E-state index contributed by atoms with van der Waals surface area (Å²) in [5.74, 6) is 0.415. The lowest BCUT2D eigenvalue weighted by Gasteiger charge is -2.29. The number of aliphatic imine (C=N–C) groups is 1. The molecule has 0 spiro atoms. The zero-order valence-electron chi connectivity index (χ0n) is 12.8. The molecule has 0 aromatic heterocycles. The summed E-state index contributed by atoms with van der Waals surface area (Å²) in [5.41, 5.74) is 6.39. The van der Waals surface area contributed by atoms with Gasteiger partial charge in [-0.15, -0.1) is 24.0 Å². The third-order valence-electron chi connectivity index (χ3n) is 3.92. The van der Waals surface area contributed by atoms with E-state index in [1.807, 2.05) is 26.0 Å². The first-order chi connectivity index (χ1) is 9.50. The van der Waals surface area contributed by atoms with Crippen LogP contribution in [0.15, 0.2) is 29.3 Å². The Kier molecular flexibility index (Phi) is 6.90. The number of halogens is 2. The van der Waals surface area contributed by atoms with E-state index in [0.717, 1.165) is 13.1 Å². The maximum atomic E-state index is 13.9. The quantitative estimate of drug-likeness (QED) is 0.475. The number of piperidine rings is 1. The summed E-state index contributed by atoms with van der Waals surface area (Å²) in [4.78, 5) is 6.62. The van der Waals surface area contributed by atoms with E-state index < -0.39 is 0 Å². The summed E-state index contributed by atoms with van der Waals surface area (Å²) in [6, 6.07) is 6.88. The first-order valence-electron chi connectivity index (χ1n) is 7.30. The van der Waals surface area contributed by atoms with E-state index in [9.17, 15) is 4.39 Å². The van der Waals surface area contributed by atoms with E-state index in [1.165, 1.54) is 25.3 Å². The van der Waals surface area contributed by atoms with E-state index in [4.69, 9.17) is 5.73 Å². The van der Waals surface area contributed by atoms with Gasteiger partial charge in [-0.05, 0) is 30.9 Å². The van der Waals surface area contributed by atoms with E-state index >= 15 is 0 Å². The molecule has 1 saturated heterocycles.